The zero-order valence-corrected chi connectivity index (χ0v) is 15.3. The van der Waals surface area contributed by atoms with Crippen molar-refractivity contribution < 1.29 is 18.7 Å². The molecule has 0 bridgehead atoms. The van der Waals surface area contributed by atoms with Gasteiger partial charge in [-0.15, -0.1) is 0 Å². The van der Waals surface area contributed by atoms with Crippen LogP contribution in [0, 0.1) is 11.7 Å². The fourth-order valence-electron chi connectivity index (χ4n) is 4.07. The van der Waals surface area contributed by atoms with Gasteiger partial charge in [-0.2, -0.15) is 0 Å². The van der Waals surface area contributed by atoms with Crippen LogP contribution in [-0.2, 0) is 16.0 Å². The maximum absolute atomic E-state index is 13.8. The second-order valence-corrected chi connectivity index (χ2v) is 7.24. The summed E-state index contributed by atoms with van der Waals surface area (Å²) in [6.07, 6.45) is 4.58. The summed E-state index contributed by atoms with van der Waals surface area (Å²) < 4.78 is 18.7. The molecule has 2 amide bonds. The highest BCUT2D eigenvalue weighted by molar-refractivity contribution is 5.86. The van der Waals surface area contributed by atoms with Crippen LogP contribution in [0.25, 0.3) is 0 Å². The largest absolute Gasteiger partial charge is 0.453 e. The van der Waals surface area contributed by atoms with Gasteiger partial charge in [-0.3, -0.25) is 9.69 Å². The number of halogens is 1. The minimum atomic E-state index is -0.419. The number of rotatable bonds is 3. The van der Waals surface area contributed by atoms with E-state index in [9.17, 15) is 14.0 Å². The molecule has 2 aliphatic heterocycles. The Kier molecular flexibility index (Phi) is 6.12. The molecule has 142 valence electrons. The van der Waals surface area contributed by atoms with Crippen LogP contribution in [0.15, 0.2) is 24.3 Å². The van der Waals surface area contributed by atoms with Crippen molar-refractivity contribution in [1.29, 1.82) is 0 Å². The van der Waals surface area contributed by atoms with E-state index in [0.29, 0.717) is 38.4 Å². The minimum Gasteiger partial charge on any atom is -0.453 e. The van der Waals surface area contributed by atoms with Gasteiger partial charge in [0.15, 0.2) is 0 Å². The predicted molar refractivity (Wildman–Crippen MR) is 96.2 cm³/mol. The van der Waals surface area contributed by atoms with Gasteiger partial charge < -0.3 is 9.64 Å². The van der Waals surface area contributed by atoms with Gasteiger partial charge >= 0.3 is 6.09 Å². The highest BCUT2D eigenvalue weighted by atomic mass is 19.1. The van der Waals surface area contributed by atoms with Crippen molar-refractivity contribution in [3.63, 3.8) is 0 Å². The van der Waals surface area contributed by atoms with Crippen LogP contribution < -0.4 is 0 Å². The quantitative estimate of drug-likeness (QED) is 0.829. The molecule has 0 N–H and O–H groups in total. The molecule has 5 nitrogen and oxygen atoms in total. The average molecular weight is 362 g/mol. The number of hydrogen-bond donors (Lipinski definition) is 0. The van der Waals surface area contributed by atoms with Gasteiger partial charge in [-0.1, -0.05) is 18.2 Å². The number of benzene rings is 1. The topological polar surface area (TPSA) is 49.9 Å². The van der Waals surface area contributed by atoms with Crippen molar-refractivity contribution in [3.05, 3.63) is 35.6 Å². The van der Waals surface area contributed by atoms with Crippen LogP contribution in [0.4, 0.5) is 9.18 Å². The van der Waals surface area contributed by atoms with Crippen molar-refractivity contribution in [2.75, 3.05) is 26.7 Å². The summed E-state index contributed by atoms with van der Waals surface area (Å²) in [4.78, 5) is 28.3. The smallest absolute Gasteiger partial charge is 0.410 e. The van der Waals surface area contributed by atoms with Gasteiger partial charge in [-0.05, 0) is 56.1 Å². The number of piperidine rings is 2. The summed E-state index contributed by atoms with van der Waals surface area (Å²) >= 11 is 0. The van der Waals surface area contributed by atoms with Crippen molar-refractivity contribution in [2.24, 2.45) is 5.92 Å². The Morgan fingerprint density at radius 1 is 1.12 bits per heavy atom. The lowest BCUT2D eigenvalue weighted by atomic mass is 9.89. The molecule has 0 unspecified atom stereocenters. The molecule has 1 aromatic carbocycles. The Balaban J connectivity index is 1.56. The SMILES string of the molecule is COC(=O)N1CCCC[C@H]1C(=O)N1CCC(Cc2ccccc2F)CC1. The van der Waals surface area contributed by atoms with E-state index < -0.39 is 12.1 Å². The second kappa shape index (κ2) is 8.52. The van der Waals surface area contributed by atoms with E-state index in [0.717, 1.165) is 31.2 Å². The summed E-state index contributed by atoms with van der Waals surface area (Å²) in [5, 5.41) is 0. The lowest BCUT2D eigenvalue weighted by Crippen LogP contribution is -2.54. The lowest BCUT2D eigenvalue weighted by Gasteiger charge is -2.39. The normalized spacial score (nSPS) is 21.5. The lowest BCUT2D eigenvalue weighted by molar-refractivity contribution is -0.139. The molecule has 0 aliphatic carbocycles. The minimum absolute atomic E-state index is 0.0273. The van der Waals surface area contributed by atoms with Gasteiger partial charge in [0.2, 0.25) is 5.91 Å². The highest BCUT2D eigenvalue weighted by Gasteiger charge is 2.36. The van der Waals surface area contributed by atoms with Crippen LogP contribution in [0.3, 0.4) is 0 Å². The molecule has 0 aromatic heterocycles. The van der Waals surface area contributed by atoms with Crippen molar-refractivity contribution in [2.45, 2.75) is 44.6 Å². The zero-order chi connectivity index (χ0) is 18.5. The van der Waals surface area contributed by atoms with Crippen molar-refractivity contribution in [1.82, 2.24) is 9.80 Å². The average Bonchev–Trinajstić information content (AvgIpc) is 2.69. The number of carbonyl (C=O) groups is 2. The van der Waals surface area contributed by atoms with Crippen LogP contribution in [0.5, 0.6) is 0 Å². The summed E-state index contributed by atoms with van der Waals surface area (Å²) in [7, 11) is 1.35. The first-order chi connectivity index (χ1) is 12.6. The molecular formula is C20H27FN2O3. The third kappa shape index (κ3) is 4.17. The first kappa shape index (κ1) is 18.7. The number of nitrogens with zero attached hydrogens (tertiary/aromatic N) is 2. The summed E-state index contributed by atoms with van der Waals surface area (Å²) in [6.45, 7) is 1.92. The van der Waals surface area contributed by atoms with Crippen LogP contribution in [0.2, 0.25) is 0 Å². The highest BCUT2D eigenvalue weighted by Crippen LogP contribution is 2.26. The van der Waals surface area contributed by atoms with E-state index in [4.69, 9.17) is 4.74 Å². The summed E-state index contributed by atoms with van der Waals surface area (Å²) in [6, 6.07) is 6.50. The Morgan fingerprint density at radius 2 is 1.85 bits per heavy atom. The van der Waals surface area contributed by atoms with Crippen molar-refractivity contribution >= 4 is 12.0 Å². The molecule has 2 heterocycles. The Bertz CT molecular complexity index is 644. The molecule has 6 heteroatoms. The third-order valence-electron chi connectivity index (χ3n) is 5.59. The number of likely N-dealkylation sites (tertiary alicyclic amines) is 2. The van der Waals surface area contributed by atoms with Gasteiger partial charge in [0.1, 0.15) is 11.9 Å². The Morgan fingerprint density at radius 3 is 2.54 bits per heavy atom. The molecule has 0 saturated carbocycles. The molecule has 2 aliphatic rings. The molecule has 3 rings (SSSR count). The molecule has 0 radical (unpaired) electrons. The number of ether oxygens (including phenoxy) is 1. The maximum atomic E-state index is 13.8. The Labute approximate surface area is 154 Å². The van der Waals surface area contributed by atoms with Crippen LogP contribution in [0.1, 0.15) is 37.7 Å². The number of carbonyl (C=O) groups excluding carboxylic acids is 2. The number of hydrogen-bond acceptors (Lipinski definition) is 3. The zero-order valence-electron chi connectivity index (χ0n) is 15.3. The number of methoxy groups -OCH3 is 1. The molecule has 26 heavy (non-hydrogen) atoms. The molecule has 1 aromatic rings. The van der Waals surface area contributed by atoms with Gasteiger partial charge in [0.25, 0.3) is 0 Å². The molecule has 0 spiro atoms. The Hall–Kier alpha value is -2.11. The first-order valence-corrected chi connectivity index (χ1v) is 9.47. The molecule has 2 saturated heterocycles. The fraction of sp³-hybridized carbons (Fsp3) is 0.600. The summed E-state index contributed by atoms with van der Waals surface area (Å²) in [5.41, 5.74) is 0.751. The van der Waals surface area contributed by atoms with E-state index >= 15 is 0 Å². The van der Waals surface area contributed by atoms with E-state index in [1.165, 1.54) is 13.2 Å². The standard InChI is InChI=1S/C20H27FN2O3/c1-26-20(25)23-11-5-4-8-18(23)19(24)22-12-9-15(10-13-22)14-16-6-2-3-7-17(16)21/h2-3,6-7,15,18H,4-5,8-14H2,1H3/t18-/m0/s1. The van der Waals surface area contributed by atoms with Gasteiger partial charge in [0.05, 0.1) is 7.11 Å². The fourth-order valence-corrected chi connectivity index (χ4v) is 4.07. The van der Waals surface area contributed by atoms with Crippen LogP contribution >= 0.6 is 0 Å². The maximum Gasteiger partial charge on any atom is 0.410 e. The number of amides is 2. The molecular weight excluding hydrogens is 335 g/mol. The van der Waals surface area contributed by atoms with Gasteiger partial charge in [-0.25, -0.2) is 9.18 Å². The van der Waals surface area contributed by atoms with Crippen LogP contribution in [-0.4, -0.2) is 54.6 Å². The van der Waals surface area contributed by atoms with E-state index in [2.05, 4.69) is 0 Å². The summed E-state index contributed by atoms with van der Waals surface area (Å²) in [5.74, 6) is 0.264. The predicted octanol–water partition coefficient (Wildman–Crippen LogP) is 3.23. The monoisotopic (exact) mass is 362 g/mol. The van der Waals surface area contributed by atoms with Crippen molar-refractivity contribution in [3.8, 4) is 0 Å². The molecule has 1 atom stereocenters. The van der Waals surface area contributed by atoms with Gasteiger partial charge in [0, 0.05) is 19.6 Å². The molecule has 2 fully saturated rings. The van der Waals surface area contributed by atoms with E-state index in [-0.39, 0.29) is 11.7 Å². The third-order valence-corrected chi connectivity index (χ3v) is 5.59. The van der Waals surface area contributed by atoms with E-state index in [1.807, 2.05) is 17.0 Å². The second-order valence-electron chi connectivity index (χ2n) is 7.24. The first-order valence-electron chi connectivity index (χ1n) is 9.47. The van der Waals surface area contributed by atoms with E-state index in [1.54, 1.807) is 11.0 Å².